The molecule has 0 aromatic rings. The van der Waals surface area contributed by atoms with Crippen LogP contribution in [0, 0.1) is 48.1 Å². The summed E-state index contributed by atoms with van der Waals surface area (Å²) in [5.41, 5.74) is 0. The van der Waals surface area contributed by atoms with E-state index in [0.717, 1.165) is 0 Å². The summed E-state index contributed by atoms with van der Waals surface area (Å²) in [6.45, 7) is 7.35. The van der Waals surface area contributed by atoms with Gasteiger partial charge in [-0.05, 0) is 0 Å². The molecule has 0 aliphatic heterocycles. The Bertz CT molecular complexity index is 313. The van der Waals surface area contributed by atoms with Gasteiger partial charge in [-0.2, -0.15) is 24.4 Å². The maximum Gasteiger partial charge on any atom is 2.00 e. The fourth-order valence-electron chi connectivity index (χ4n) is 0.289. The molecule has 0 saturated carbocycles. The summed E-state index contributed by atoms with van der Waals surface area (Å²) < 4.78 is 0. The first-order chi connectivity index (χ1) is 9.66. The van der Waals surface area contributed by atoms with Gasteiger partial charge < -0.3 is 20.4 Å². The van der Waals surface area contributed by atoms with E-state index in [0.29, 0.717) is 25.7 Å². The zero-order valence-electron chi connectivity index (χ0n) is 13.5. The molecule has 0 atom stereocenters. The third kappa shape index (κ3) is 128. The van der Waals surface area contributed by atoms with Crippen molar-refractivity contribution in [3.63, 3.8) is 0 Å². The second kappa shape index (κ2) is 59.9. The Kier molecular flexibility index (Phi) is 101. The number of rotatable bonds is 0. The van der Waals surface area contributed by atoms with E-state index in [1.807, 2.05) is 27.7 Å². The quantitative estimate of drug-likeness (QED) is 0.397. The summed E-state index contributed by atoms with van der Waals surface area (Å²) in [6, 6.07) is 0. The van der Waals surface area contributed by atoms with E-state index < -0.39 is 0 Å². The zero-order chi connectivity index (χ0) is 16.5. The van der Waals surface area contributed by atoms with Gasteiger partial charge in [0.05, 0.1) is 0 Å². The average molecular weight is 372 g/mol. The maximum absolute atomic E-state index is 9.17. The molecule has 0 bridgehead atoms. The Morgan fingerprint density at radius 2 is 0.591 bits per heavy atom. The van der Waals surface area contributed by atoms with Gasteiger partial charge in [-0.3, -0.25) is 0 Å². The van der Waals surface area contributed by atoms with Crippen LogP contribution in [-0.2, 0) is 43.4 Å². The van der Waals surface area contributed by atoms with Gasteiger partial charge in [-0.1, -0.05) is 27.7 Å². The normalized spacial score (nSPS) is 4.55. The van der Waals surface area contributed by atoms with Gasteiger partial charge in [0.15, 0.2) is 0 Å². The smallest absolute Gasteiger partial charge is 0.833 e. The molecule has 0 aliphatic rings. The molecule has 4 nitrogen and oxygen atoms in total. The zero-order valence-corrected chi connectivity index (χ0v) is 16.6. The molecule has 116 valence electrons. The minimum Gasteiger partial charge on any atom is -0.833 e. The van der Waals surface area contributed by atoms with Gasteiger partial charge in [-0.25, -0.2) is 0 Å². The molecule has 0 aromatic heterocycles. The predicted octanol–water partition coefficient (Wildman–Crippen LogP) is -1.13. The summed E-state index contributed by atoms with van der Waals surface area (Å²) in [5, 5.41) is 36.7. The van der Waals surface area contributed by atoms with E-state index in [9.17, 15) is 0 Å². The number of hydrogen-bond acceptors (Lipinski definition) is 4. The van der Waals surface area contributed by atoms with Crippen LogP contribution in [-0.4, -0.2) is 0 Å². The van der Waals surface area contributed by atoms with Crippen molar-refractivity contribution in [3.8, 4) is 48.1 Å². The molecule has 0 aliphatic carbocycles. The standard InChI is InChI=1S/4C4H6O.2Ti/c4*1-2-3-4-5;;/h4*5H,2H2,1H3;;/q;;;;2*+2/p-4. The molecule has 6 heteroatoms. The topological polar surface area (TPSA) is 92.2 Å². The van der Waals surface area contributed by atoms with Crippen LogP contribution in [0.15, 0.2) is 0 Å². The minimum absolute atomic E-state index is 0. The van der Waals surface area contributed by atoms with Crippen molar-refractivity contribution in [2.45, 2.75) is 53.4 Å². The average Bonchev–Trinajstić information content (AvgIpc) is 2.44. The Hall–Kier alpha value is -1.13. The maximum atomic E-state index is 9.17. The van der Waals surface area contributed by atoms with Crippen LogP contribution in [0.1, 0.15) is 53.4 Å². The van der Waals surface area contributed by atoms with Gasteiger partial charge >= 0.3 is 43.4 Å². The largest absolute Gasteiger partial charge is 2.00 e. The van der Waals surface area contributed by atoms with Gasteiger partial charge in [0.2, 0.25) is 0 Å². The van der Waals surface area contributed by atoms with Crippen molar-refractivity contribution >= 4 is 0 Å². The molecule has 0 aromatic carbocycles. The third-order valence-electron chi connectivity index (χ3n) is 0.996. The first-order valence-corrected chi connectivity index (χ1v) is 6.06. The van der Waals surface area contributed by atoms with Gasteiger partial charge in [0.1, 0.15) is 0 Å². The molecule has 0 amide bonds. The summed E-state index contributed by atoms with van der Waals surface area (Å²) in [4.78, 5) is 0. The van der Waals surface area contributed by atoms with Crippen LogP contribution in [0.2, 0.25) is 0 Å². The van der Waals surface area contributed by atoms with Crippen LogP contribution in [0.4, 0.5) is 0 Å². The molecule has 0 saturated heterocycles. The van der Waals surface area contributed by atoms with Crippen molar-refractivity contribution in [1.29, 1.82) is 0 Å². The van der Waals surface area contributed by atoms with Crippen LogP contribution in [0.3, 0.4) is 0 Å². The van der Waals surface area contributed by atoms with Crippen LogP contribution in [0.5, 0.6) is 0 Å². The van der Waals surface area contributed by atoms with Crippen molar-refractivity contribution < 1.29 is 63.9 Å². The van der Waals surface area contributed by atoms with E-state index in [-0.39, 0.29) is 43.4 Å². The molecule has 0 fully saturated rings. The minimum atomic E-state index is 0. The number of hydrogen-bond donors (Lipinski definition) is 0. The second-order valence-electron chi connectivity index (χ2n) is 2.53. The fraction of sp³-hybridized carbons (Fsp3) is 0.500. The first kappa shape index (κ1) is 37.3. The van der Waals surface area contributed by atoms with E-state index >= 15 is 0 Å². The van der Waals surface area contributed by atoms with Crippen molar-refractivity contribution in [1.82, 2.24) is 0 Å². The molecular weight excluding hydrogens is 352 g/mol. The summed E-state index contributed by atoms with van der Waals surface area (Å²) >= 11 is 0. The molecular formula is C16H20O4Ti2. The second-order valence-corrected chi connectivity index (χ2v) is 2.53. The van der Waals surface area contributed by atoms with E-state index in [1.165, 1.54) is 24.4 Å². The molecule has 0 unspecified atom stereocenters. The van der Waals surface area contributed by atoms with Crippen LogP contribution >= 0.6 is 0 Å². The first-order valence-electron chi connectivity index (χ1n) is 6.06. The third-order valence-corrected chi connectivity index (χ3v) is 0.996. The Morgan fingerprint density at radius 3 is 0.591 bits per heavy atom. The molecule has 22 heavy (non-hydrogen) atoms. The van der Waals surface area contributed by atoms with E-state index in [2.05, 4.69) is 23.7 Å². The van der Waals surface area contributed by atoms with Gasteiger partial charge in [0.25, 0.3) is 0 Å². The van der Waals surface area contributed by atoms with Crippen molar-refractivity contribution in [3.05, 3.63) is 0 Å². The fourth-order valence-corrected chi connectivity index (χ4v) is 0.289. The van der Waals surface area contributed by atoms with Gasteiger partial charge in [-0.15, -0.1) is 23.7 Å². The SMILES string of the molecule is CCC#C[O-].CCC#C[O-].CCC#C[O-].CCC#C[O-].[Ti+2].[Ti+2]. The monoisotopic (exact) mass is 372 g/mol. The van der Waals surface area contributed by atoms with Crippen molar-refractivity contribution in [2.24, 2.45) is 0 Å². The Morgan fingerprint density at radius 1 is 0.455 bits per heavy atom. The van der Waals surface area contributed by atoms with Gasteiger partial charge in [0, 0.05) is 25.7 Å². The predicted molar refractivity (Wildman–Crippen MR) is 72.3 cm³/mol. The Balaban J connectivity index is -0.0000000376. The summed E-state index contributed by atoms with van der Waals surface area (Å²) in [5.74, 6) is 9.22. The molecule has 0 radical (unpaired) electrons. The van der Waals surface area contributed by atoms with E-state index in [1.54, 1.807) is 0 Å². The summed E-state index contributed by atoms with van der Waals surface area (Å²) in [6.07, 6.45) is 8.75. The molecule has 0 N–H and O–H groups in total. The molecule has 0 spiro atoms. The van der Waals surface area contributed by atoms with Crippen LogP contribution in [0.25, 0.3) is 0 Å². The van der Waals surface area contributed by atoms with E-state index in [4.69, 9.17) is 20.4 Å². The Labute approximate surface area is 164 Å². The van der Waals surface area contributed by atoms with Crippen LogP contribution < -0.4 is 20.4 Å². The molecule has 0 rings (SSSR count). The van der Waals surface area contributed by atoms with Crippen molar-refractivity contribution in [2.75, 3.05) is 0 Å². The summed E-state index contributed by atoms with van der Waals surface area (Å²) in [7, 11) is 0. The molecule has 0 heterocycles.